The van der Waals surface area contributed by atoms with E-state index < -0.39 is 0 Å². The van der Waals surface area contributed by atoms with E-state index in [1.807, 2.05) is 43.7 Å². The smallest absolute Gasteiger partial charge is 0.250 e. The minimum Gasteiger partial charge on any atom is -0.313 e. The lowest BCUT2D eigenvalue weighted by atomic mass is 9.92. The van der Waals surface area contributed by atoms with Gasteiger partial charge in [0.2, 0.25) is 5.91 Å². The summed E-state index contributed by atoms with van der Waals surface area (Å²) in [6.07, 6.45) is 0.666. The fraction of sp³-hybridized carbons (Fsp3) is 0.278. The van der Waals surface area contributed by atoms with Gasteiger partial charge in [0.1, 0.15) is 17.7 Å². The van der Waals surface area contributed by atoms with Crippen LogP contribution in [0.1, 0.15) is 23.3 Å². The van der Waals surface area contributed by atoms with E-state index in [4.69, 9.17) is 0 Å². The molecule has 0 fully saturated rings. The molecule has 0 bridgehead atoms. The third-order valence-electron chi connectivity index (χ3n) is 4.74. The molecule has 0 spiro atoms. The number of rotatable bonds is 1. The Bertz CT molecular complexity index is 908. The van der Waals surface area contributed by atoms with E-state index in [1.54, 1.807) is 4.90 Å². The largest absolute Gasteiger partial charge is 0.313 e. The number of anilines is 1. The zero-order chi connectivity index (χ0) is 16.1. The first-order valence-electron chi connectivity index (χ1n) is 7.74. The third kappa shape index (κ3) is 1.96. The molecule has 2 heterocycles. The van der Waals surface area contributed by atoms with Gasteiger partial charge in [-0.25, -0.2) is 0 Å². The molecule has 0 radical (unpaired) electrons. The molecule has 1 aliphatic rings. The standard InChI is InChI=1S/C18H18N4O/c1-11-19-20-12(2)22(11)17-10-15-14-7-5-4-6-13(14)8-9-16(15)21(3)18(17)23/h4-9,17H,10H2,1-3H3. The molecule has 3 aromatic rings. The molecule has 0 N–H and O–H groups in total. The van der Waals surface area contributed by atoms with E-state index in [1.165, 1.54) is 16.3 Å². The number of nitrogens with zero attached hydrogens (tertiary/aromatic N) is 4. The summed E-state index contributed by atoms with van der Waals surface area (Å²) in [7, 11) is 1.84. The summed E-state index contributed by atoms with van der Waals surface area (Å²) in [4.78, 5) is 14.6. The Morgan fingerprint density at radius 1 is 1.04 bits per heavy atom. The molecule has 1 atom stereocenters. The summed E-state index contributed by atoms with van der Waals surface area (Å²) in [5, 5.41) is 10.6. The van der Waals surface area contributed by atoms with Crippen LogP contribution < -0.4 is 4.90 Å². The van der Waals surface area contributed by atoms with Crippen molar-refractivity contribution in [3.05, 3.63) is 53.6 Å². The number of carbonyl (C=O) groups is 1. The summed E-state index contributed by atoms with van der Waals surface area (Å²) >= 11 is 0. The summed E-state index contributed by atoms with van der Waals surface area (Å²) in [5.74, 6) is 1.63. The fourth-order valence-electron chi connectivity index (χ4n) is 3.60. The molecule has 2 aromatic carbocycles. The van der Waals surface area contributed by atoms with Crippen molar-refractivity contribution in [1.29, 1.82) is 0 Å². The highest BCUT2D eigenvalue weighted by Crippen LogP contribution is 2.37. The van der Waals surface area contributed by atoms with Crippen LogP contribution in [0.4, 0.5) is 5.69 Å². The molecular formula is C18H18N4O. The van der Waals surface area contributed by atoms with Gasteiger partial charge in [-0.2, -0.15) is 0 Å². The number of benzene rings is 2. The van der Waals surface area contributed by atoms with Crippen LogP contribution in [0, 0.1) is 13.8 Å². The normalized spacial score (nSPS) is 17.6. The summed E-state index contributed by atoms with van der Waals surface area (Å²) in [6, 6.07) is 12.2. The van der Waals surface area contributed by atoms with Gasteiger partial charge >= 0.3 is 0 Å². The van der Waals surface area contributed by atoms with Crippen molar-refractivity contribution in [2.75, 3.05) is 11.9 Å². The second-order valence-corrected chi connectivity index (χ2v) is 6.07. The number of fused-ring (bicyclic) bond motifs is 3. The van der Waals surface area contributed by atoms with Gasteiger partial charge in [-0.1, -0.05) is 30.3 Å². The van der Waals surface area contributed by atoms with Crippen molar-refractivity contribution in [2.45, 2.75) is 26.3 Å². The Balaban J connectivity index is 1.93. The number of hydrogen-bond donors (Lipinski definition) is 0. The van der Waals surface area contributed by atoms with Gasteiger partial charge in [-0.3, -0.25) is 4.79 Å². The molecule has 1 amide bonds. The first kappa shape index (κ1) is 13.9. The van der Waals surface area contributed by atoms with Gasteiger partial charge in [0.25, 0.3) is 0 Å². The van der Waals surface area contributed by atoms with Crippen molar-refractivity contribution in [1.82, 2.24) is 14.8 Å². The first-order valence-corrected chi connectivity index (χ1v) is 7.74. The molecule has 1 aromatic heterocycles. The summed E-state index contributed by atoms with van der Waals surface area (Å²) in [6.45, 7) is 3.79. The lowest BCUT2D eigenvalue weighted by molar-refractivity contribution is -0.121. The minimum absolute atomic E-state index is 0.0822. The minimum atomic E-state index is -0.284. The fourth-order valence-corrected chi connectivity index (χ4v) is 3.60. The van der Waals surface area contributed by atoms with Gasteiger partial charge in [0, 0.05) is 19.2 Å². The molecule has 5 heteroatoms. The van der Waals surface area contributed by atoms with Crippen LogP contribution >= 0.6 is 0 Å². The lowest BCUT2D eigenvalue weighted by Crippen LogP contribution is -2.40. The SMILES string of the molecule is Cc1nnc(C)n1C1Cc2c(ccc3ccccc23)N(C)C1=O. The Kier molecular flexibility index (Phi) is 2.98. The van der Waals surface area contributed by atoms with Gasteiger partial charge in [-0.05, 0) is 36.2 Å². The van der Waals surface area contributed by atoms with E-state index in [0.717, 1.165) is 17.3 Å². The molecule has 0 saturated carbocycles. The summed E-state index contributed by atoms with van der Waals surface area (Å²) in [5.41, 5.74) is 2.20. The Morgan fingerprint density at radius 2 is 1.74 bits per heavy atom. The van der Waals surface area contributed by atoms with Gasteiger partial charge in [-0.15, -0.1) is 10.2 Å². The zero-order valence-corrected chi connectivity index (χ0v) is 13.4. The van der Waals surface area contributed by atoms with Crippen LogP contribution in [0.3, 0.4) is 0 Å². The van der Waals surface area contributed by atoms with E-state index in [-0.39, 0.29) is 11.9 Å². The highest BCUT2D eigenvalue weighted by molar-refractivity contribution is 6.03. The topological polar surface area (TPSA) is 51.0 Å². The molecule has 23 heavy (non-hydrogen) atoms. The molecule has 5 nitrogen and oxygen atoms in total. The lowest BCUT2D eigenvalue weighted by Gasteiger charge is -2.33. The molecule has 116 valence electrons. The average molecular weight is 306 g/mol. The highest BCUT2D eigenvalue weighted by atomic mass is 16.2. The molecule has 1 unspecified atom stereocenters. The molecule has 1 aliphatic heterocycles. The molecule has 4 rings (SSSR count). The van der Waals surface area contributed by atoms with Crippen LogP contribution in [0.5, 0.6) is 0 Å². The van der Waals surface area contributed by atoms with Crippen LogP contribution in [0.2, 0.25) is 0 Å². The van der Waals surface area contributed by atoms with Gasteiger partial charge in [0.05, 0.1) is 0 Å². The number of amides is 1. The van der Waals surface area contributed by atoms with Crippen molar-refractivity contribution in [3.63, 3.8) is 0 Å². The average Bonchev–Trinajstić information content (AvgIpc) is 2.89. The Labute approximate surface area is 134 Å². The van der Waals surface area contributed by atoms with Crippen LogP contribution in [-0.4, -0.2) is 27.7 Å². The zero-order valence-electron chi connectivity index (χ0n) is 13.4. The quantitative estimate of drug-likeness (QED) is 0.694. The van der Waals surface area contributed by atoms with Crippen molar-refractivity contribution in [2.24, 2.45) is 0 Å². The number of carbonyl (C=O) groups excluding carboxylic acids is 1. The second kappa shape index (κ2) is 4.91. The van der Waals surface area contributed by atoms with E-state index >= 15 is 0 Å². The number of aryl methyl sites for hydroxylation is 2. The second-order valence-electron chi connectivity index (χ2n) is 6.07. The van der Waals surface area contributed by atoms with Gasteiger partial charge in [0.15, 0.2) is 0 Å². The maximum absolute atomic E-state index is 12.9. The first-order chi connectivity index (χ1) is 11.1. The molecule has 0 saturated heterocycles. The Morgan fingerprint density at radius 3 is 2.48 bits per heavy atom. The molecule has 0 aliphatic carbocycles. The number of aromatic nitrogens is 3. The van der Waals surface area contributed by atoms with E-state index in [0.29, 0.717) is 6.42 Å². The van der Waals surface area contributed by atoms with Crippen LogP contribution in [0.15, 0.2) is 36.4 Å². The monoisotopic (exact) mass is 306 g/mol. The molecular weight excluding hydrogens is 288 g/mol. The third-order valence-corrected chi connectivity index (χ3v) is 4.74. The Hall–Kier alpha value is -2.69. The predicted molar refractivity (Wildman–Crippen MR) is 89.6 cm³/mol. The van der Waals surface area contributed by atoms with Crippen LogP contribution in [0.25, 0.3) is 10.8 Å². The highest BCUT2D eigenvalue weighted by Gasteiger charge is 2.34. The maximum atomic E-state index is 12.9. The number of hydrogen-bond acceptors (Lipinski definition) is 3. The van der Waals surface area contributed by atoms with E-state index in [2.05, 4.69) is 28.4 Å². The van der Waals surface area contributed by atoms with Crippen LogP contribution in [-0.2, 0) is 11.2 Å². The van der Waals surface area contributed by atoms with Crippen molar-refractivity contribution < 1.29 is 4.79 Å². The number of likely N-dealkylation sites (N-methyl/N-ethyl adjacent to an activating group) is 1. The van der Waals surface area contributed by atoms with Gasteiger partial charge < -0.3 is 9.47 Å². The predicted octanol–water partition coefficient (Wildman–Crippen LogP) is 2.81. The van der Waals surface area contributed by atoms with Crippen molar-refractivity contribution >= 4 is 22.4 Å². The van der Waals surface area contributed by atoms with E-state index in [9.17, 15) is 4.79 Å². The summed E-state index contributed by atoms with van der Waals surface area (Å²) < 4.78 is 1.95. The van der Waals surface area contributed by atoms with Crippen molar-refractivity contribution in [3.8, 4) is 0 Å². The maximum Gasteiger partial charge on any atom is 0.250 e.